The Morgan fingerprint density at radius 3 is 2.65 bits per heavy atom. The van der Waals surface area contributed by atoms with Gasteiger partial charge < -0.3 is 10.2 Å². The van der Waals surface area contributed by atoms with Crippen molar-refractivity contribution < 1.29 is 0 Å². The fraction of sp³-hybridized carbons (Fsp3) is 0.667. The number of nitrogens with one attached hydrogen (secondary N) is 1. The molecule has 1 N–H and O–H groups in total. The Morgan fingerprint density at radius 1 is 1.20 bits per heavy atom. The lowest BCUT2D eigenvalue weighted by molar-refractivity contribution is 0.0614. The molecule has 1 saturated carbocycles. The fourth-order valence-electron chi connectivity index (χ4n) is 3.82. The standard InChI is InChI=1S/C18H28N2/c1-2-18(10-6-11-18)15-20-13-7-12-19-17(14-20)16-8-4-3-5-9-16/h3-5,8-9,17,19H,2,6-7,10-15H2,1H3. The molecule has 0 amide bonds. The molecule has 1 unspecified atom stereocenters. The highest BCUT2D eigenvalue weighted by atomic mass is 15.2. The Morgan fingerprint density at radius 2 is 2.00 bits per heavy atom. The van der Waals surface area contributed by atoms with Gasteiger partial charge in [-0.25, -0.2) is 0 Å². The molecule has 1 aliphatic carbocycles. The summed E-state index contributed by atoms with van der Waals surface area (Å²) in [6.07, 6.45) is 6.98. The summed E-state index contributed by atoms with van der Waals surface area (Å²) in [6, 6.07) is 11.5. The Balaban J connectivity index is 1.66. The highest BCUT2D eigenvalue weighted by Gasteiger charge is 2.37. The minimum Gasteiger partial charge on any atom is -0.309 e. The van der Waals surface area contributed by atoms with Crippen LogP contribution in [0.25, 0.3) is 0 Å². The first-order valence-electron chi connectivity index (χ1n) is 8.32. The summed E-state index contributed by atoms with van der Waals surface area (Å²) in [5.41, 5.74) is 2.09. The normalized spacial score (nSPS) is 26.8. The van der Waals surface area contributed by atoms with E-state index in [1.165, 1.54) is 57.3 Å². The molecule has 2 heteroatoms. The molecule has 1 heterocycles. The van der Waals surface area contributed by atoms with Gasteiger partial charge in [0.1, 0.15) is 0 Å². The van der Waals surface area contributed by atoms with Crippen LogP contribution in [-0.2, 0) is 0 Å². The van der Waals surface area contributed by atoms with Crippen molar-refractivity contribution in [1.29, 1.82) is 0 Å². The summed E-state index contributed by atoms with van der Waals surface area (Å²) in [5.74, 6) is 0. The lowest BCUT2D eigenvalue weighted by Crippen LogP contribution is -2.43. The molecule has 0 spiro atoms. The molecule has 3 rings (SSSR count). The Kier molecular flexibility index (Phi) is 4.42. The molecule has 1 saturated heterocycles. The van der Waals surface area contributed by atoms with E-state index in [1.54, 1.807) is 0 Å². The van der Waals surface area contributed by atoms with Gasteiger partial charge in [0, 0.05) is 19.1 Å². The molecule has 110 valence electrons. The third-order valence-electron chi connectivity index (χ3n) is 5.41. The van der Waals surface area contributed by atoms with Crippen LogP contribution < -0.4 is 5.32 Å². The highest BCUT2D eigenvalue weighted by molar-refractivity contribution is 5.19. The number of hydrogen-bond donors (Lipinski definition) is 1. The van der Waals surface area contributed by atoms with Crippen molar-refractivity contribution in [3.05, 3.63) is 35.9 Å². The van der Waals surface area contributed by atoms with Crippen molar-refractivity contribution in [2.45, 2.75) is 45.1 Å². The average molecular weight is 272 g/mol. The molecule has 0 bridgehead atoms. The van der Waals surface area contributed by atoms with Gasteiger partial charge in [-0.3, -0.25) is 0 Å². The summed E-state index contributed by atoms with van der Waals surface area (Å²) in [5, 5.41) is 3.73. The largest absolute Gasteiger partial charge is 0.309 e. The molecule has 1 aromatic rings. The summed E-state index contributed by atoms with van der Waals surface area (Å²) in [4.78, 5) is 2.72. The van der Waals surface area contributed by atoms with Crippen LogP contribution in [0, 0.1) is 5.41 Å². The van der Waals surface area contributed by atoms with E-state index in [9.17, 15) is 0 Å². The van der Waals surface area contributed by atoms with E-state index in [0.717, 1.165) is 6.54 Å². The van der Waals surface area contributed by atoms with Crippen molar-refractivity contribution in [3.8, 4) is 0 Å². The van der Waals surface area contributed by atoms with E-state index in [2.05, 4.69) is 47.5 Å². The van der Waals surface area contributed by atoms with Gasteiger partial charge in [0.05, 0.1) is 0 Å². The summed E-state index contributed by atoms with van der Waals surface area (Å²) in [6.45, 7) is 7.28. The molecule has 1 aliphatic heterocycles. The second-order valence-electron chi connectivity index (χ2n) is 6.71. The average Bonchev–Trinajstić information content (AvgIpc) is 2.69. The predicted octanol–water partition coefficient (Wildman–Crippen LogP) is 3.60. The van der Waals surface area contributed by atoms with Crippen molar-refractivity contribution in [2.24, 2.45) is 5.41 Å². The number of benzene rings is 1. The molecule has 0 aromatic heterocycles. The summed E-state index contributed by atoms with van der Waals surface area (Å²) in [7, 11) is 0. The maximum absolute atomic E-state index is 3.73. The smallest absolute Gasteiger partial charge is 0.0449 e. The second-order valence-corrected chi connectivity index (χ2v) is 6.71. The van der Waals surface area contributed by atoms with Crippen molar-refractivity contribution in [2.75, 3.05) is 26.2 Å². The number of hydrogen-bond acceptors (Lipinski definition) is 2. The Bertz CT molecular complexity index is 405. The van der Waals surface area contributed by atoms with Crippen LogP contribution >= 0.6 is 0 Å². The first-order valence-corrected chi connectivity index (χ1v) is 8.32. The zero-order valence-electron chi connectivity index (χ0n) is 12.8. The van der Waals surface area contributed by atoms with Gasteiger partial charge in [0.25, 0.3) is 0 Å². The molecule has 2 aliphatic rings. The van der Waals surface area contributed by atoms with Crippen LogP contribution in [0.2, 0.25) is 0 Å². The monoisotopic (exact) mass is 272 g/mol. The topological polar surface area (TPSA) is 15.3 Å². The van der Waals surface area contributed by atoms with Gasteiger partial charge in [0.15, 0.2) is 0 Å². The number of nitrogens with zero attached hydrogens (tertiary/aromatic N) is 1. The molecule has 1 atom stereocenters. The molecular formula is C18H28N2. The van der Waals surface area contributed by atoms with Crippen LogP contribution in [-0.4, -0.2) is 31.1 Å². The van der Waals surface area contributed by atoms with Crippen molar-refractivity contribution >= 4 is 0 Å². The van der Waals surface area contributed by atoms with E-state index < -0.39 is 0 Å². The van der Waals surface area contributed by atoms with Crippen LogP contribution in [0.4, 0.5) is 0 Å². The van der Waals surface area contributed by atoms with E-state index in [-0.39, 0.29) is 0 Å². The SMILES string of the molecule is CCC1(CN2CCCNC(c3ccccc3)C2)CCC1. The third-order valence-corrected chi connectivity index (χ3v) is 5.41. The van der Waals surface area contributed by atoms with Crippen molar-refractivity contribution in [3.63, 3.8) is 0 Å². The predicted molar refractivity (Wildman–Crippen MR) is 84.8 cm³/mol. The van der Waals surface area contributed by atoms with Gasteiger partial charge in [-0.2, -0.15) is 0 Å². The Hall–Kier alpha value is -0.860. The van der Waals surface area contributed by atoms with E-state index in [0.29, 0.717) is 11.5 Å². The molecule has 2 nitrogen and oxygen atoms in total. The van der Waals surface area contributed by atoms with E-state index in [1.807, 2.05) is 0 Å². The first kappa shape index (κ1) is 14.1. The lowest BCUT2D eigenvalue weighted by atomic mass is 9.66. The zero-order chi connectivity index (χ0) is 13.8. The van der Waals surface area contributed by atoms with Gasteiger partial charge in [0.2, 0.25) is 0 Å². The third kappa shape index (κ3) is 3.07. The molecule has 0 radical (unpaired) electrons. The van der Waals surface area contributed by atoms with Crippen LogP contribution in [0.5, 0.6) is 0 Å². The second kappa shape index (κ2) is 6.28. The summed E-state index contributed by atoms with van der Waals surface area (Å²) >= 11 is 0. The first-order chi connectivity index (χ1) is 9.81. The van der Waals surface area contributed by atoms with Crippen LogP contribution in [0.3, 0.4) is 0 Å². The van der Waals surface area contributed by atoms with Gasteiger partial charge >= 0.3 is 0 Å². The molecular weight excluding hydrogens is 244 g/mol. The van der Waals surface area contributed by atoms with Crippen LogP contribution in [0.15, 0.2) is 30.3 Å². The van der Waals surface area contributed by atoms with E-state index >= 15 is 0 Å². The maximum atomic E-state index is 3.73. The van der Waals surface area contributed by atoms with Crippen LogP contribution in [0.1, 0.15) is 50.6 Å². The minimum atomic E-state index is 0.507. The molecule has 2 fully saturated rings. The lowest BCUT2D eigenvalue weighted by Gasteiger charge is -2.45. The van der Waals surface area contributed by atoms with Gasteiger partial charge in [-0.15, -0.1) is 0 Å². The fourth-order valence-corrected chi connectivity index (χ4v) is 3.82. The minimum absolute atomic E-state index is 0.507. The number of rotatable bonds is 4. The molecule has 1 aromatic carbocycles. The maximum Gasteiger partial charge on any atom is 0.0449 e. The Labute approximate surface area is 123 Å². The highest BCUT2D eigenvalue weighted by Crippen LogP contribution is 2.44. The summed E-state index contributed by atoms with van der Waals surface area (Å²) < 4.78 is 0. The molecule has 20 heavy (non-hydrogen) atoms. The van der Waals surface area contributed by atoms with Gasteiger partial charge in [-0.1, -0.05) is 43.7 Å². The van der Waals surface area contributed by atoms with Crippen molar-refractivity contribution in [1.82, 2.24) is 10.2 Å². The van der Waals surface area contributed by atoms with Gasteiger partial charge in [-0.05, 0) is 49.8 Å². The zero-order valence-corrected chi connectivity index (χ0v) is 12.8. The quantitative estimate of drug-likeness (QED) is 0.901. The van der Waals surface area contributed by atoms with E-state index in [4.69, 9.17) is 0 Å².